The van der Waals surface area contributed by atoms with Crippen LogP contribution in [0.15, 0.2) is 30.9 Å². The number of nitriles is 1. The molecule has 0 aromatic heterocycles. The lowest BCUT2D eigenvalue weighted by Gasteiger charge is -2.31. The van der Waals surface area contributed by atoms with Crippen molar-refractivity contribution in [3.05, 3.63) is 42.0 Å². The second-order valence-corrected chi connectivity index (χ2v) is 5.13. The maximum absolute atomic E-state index is 13.2. The molecule has 23 heavy (non-hydrogen) atoms. The van der Waals surface area contributed by atoms with E-state index in [1.165, 1.54) is 6.07 Å². The molecule has 0 spiro atoms. The van der Waals surface area contributed by atoms with Crippen LogP contribution in [0.2, 0.25) is 0 Å². The first kappa shape index (κ1) is 16.9. The van der Waals surface area contributed by atoms with Crippen molar-refractivity contribution >= 4 is 5.91 Å². The molecule has 7 heteroatoms. The van der Waals surface area contributed by atoms with Gasteiger partial charge >= 0.3 is 6.18 Å². The third kappa shape index (κ3) is 3.83. The van der Waals surface area contributed by atoms with E-state index < -0.39 is 24.5 Å². The summed E-state index contributed by atoms with van der Waals surface area (Å²) in [4.78, 5) is 12.5. The topological polar surface area (TPSA) is 53.3 Å². The van der Waals surface area contributed by atoms with Crippen molar-refractivity contribution in [3.8, 4) is 11.8 Å². The maximum Gasteiger partial charge on any atom is 0.409 e. The molecule has 1 aliphatic heterocycles. The van der Waals surface area contributed by atoms with Crippen molar-refractivity contribution < 1.29 is 22.7 Å². The number of alkyl halides is 3. The number of ether oxygens (including phenoxy) is 1. The molecule has 0 aliphatic carbocycles. The summed E-state index contributed by atoms with van der Waals surface area (Å²) in [6.07, 6.45) is -4.00. The number of fused-ring (bicyclic) bond motifs is 1. The lowest BCUT2D eigenvalue weighted by molar-refractivity contribution is -0.188. The zero-order chi connectivity index (χ0) is 17.0. The van der Waals surface area contributed by atoms with Gasteiger partial charge in [0.05, 0.1) is 19.1 Å². The van der Waals surface area contributed by atoms with E-state index in [-0.39, 0.29) is 6.54 Å². The molecular formula is C16H15F3N2O2. The third-order valence-electron chi connectivity index (χ3n) is 3.60. The van der Waals surface area contributed by atoms with Gasteiger partial charge < -0.3 is 9.64 Å². The number of nitrogens with zero attached hydrogens (tertiary/aromatic N) is 2. The Morgan fingerprint density at radius 1 is 1.52 bits per heavy atom. The Bertz CT molecular complexity index is 650. The van der Waals surface area contributed by atoms with E-state index in [4.69, 9.17) is 10.00 Å². The van der Waals surface area contributed by atoms with Crippen LogP contribution in [0, 0.1) is 11.3 Å². The fourth-order valence-corrected chi connectivity index (χ4v) is 2.48. The van der Waals surface area contributed by atoms with Gasteiger partial charge in [-0.25, -0.2) is 0 Å². The minimum absolute atomic E-state index is 0.246. The minimum atomic E-state index is -4.69. The van der Waals surface area contributed by atoms with E-state index in [1.54, 1.807) is 18.2 Å². The summed E-state index contributed by atoms with van der Waals surface area (Å²) in [5, 5.41) is 8.67. The van der Waals surface area contributed by atoms with Crippen molar-refractivity contribution in [2.75, 3.05) is 6.61 Å². The summed E-state index contributed by atoms with van der Waals surface area (Å²) in [6, 6.07) is 4.36. The Labute approximate surface area is 131 Å². The van der Waals surface area contributed by atoms with Crippen LogP contribution in [0.5, 0.6) is 5.75 Å². The fraction of sp³-hybridized carbons (Fsp3) is 0.375. The lowest BCUT2D eigenvalue weighted by Crippen LogP contribution is -2.47. The Kier molecular flexibility index (Phi) is 4.94. The number of rotatable bonds is 5. The van der Waals surface area contributed by atoms with Crippen LogP contribution in [-0.4, -0.2) is 29.6 Å². The van der Waals surface area contributed by atoms with Gasteiger partial charge in [0.15, 0.2) is 0 Å². The zero-order valence-electron chi connectivity index (χ0n) is 12.3. The van der Waals surface area contributed by atoms with Gasteiger partial charge in [-0.2, -0.15) is 18.4 Å². The molecule has 0 bridgehead atoms. The van der Waals surface area contributed by atoms with Gasteiger partial charge in [0.1, 0.15) is 11.8 Å². The van der Waals surface area contributed by atoms with Crippen molar-refractivity contribution in [1.29, 1.82) is 5.26 Å². The molecule has 1 aromatic carbocycles. The van der Waals surface area contributed by atoms with Crippen LogP contribution >= 0.6 is 0 Å². The number of halogens is 3. The summed E-state index contributed by atoms with van der Waals surface area (Å²) in [5.41, 5.74) is 1.45. The largest absolute Gasteiger partial charge is 0.493 e. The summed E-state index contributed by atoms with van der Waals surface area (Å²) >= 11 is 0. The van der Waals surface area contributed by atoms with Gasteiger partial charge in [-0.3, -0.25) is 4.79 Å². The number of benzene rings is 1. The maximum atomic E-state index is 13.2. The first-order chi connectivity index (χ1) is 10.9. The monoisotopic (exact) mass is 324 g/mol. The van der Waals surface area contributed by atoms with E-state index in [9.17, 15) is 18.0 Å². The Hall–Kier alpha value is -2.49. The van der Waals surface area contributed by atoms with E-state index in [0.717, 1.165) is 11.6 Å². The predicted octanol–water partition coefficient (Wildman–Crippen LogP) is 2.98. The molecule has 122 valence electrons. The van der Waals surface area contributed by atoms with Gasteiger partial charge in [-0.15, -0.1) is 0 Å². The number of carbonyl (C=O) groups is 1. The van der Waals surface area contributed by atoms with E-state index in [0.29, 0.717) is 29.2 Å². The average molecular weight is 324 g/mol. The normalized spacial score (nSPS) is 14.3. The van der Waals surface area contributed by atoms with Crippen LogP contribution in [-0.2, 0) is 17.8 Å². The Morgan fingerprint density at radius 2 is 2.26 bits per heavy atom. The first-order valence-electron chi connectivity index (χ1n) is 6.98. The van der Waals surface area contributed by atoms with Gasteiger partial charge in [-0.05, 0) is 23.3 Å². The highest BCUT2D eigenvalue weighted by Gasteiger charge is 2.44. The predicted molar refractivity (Wildman–Crippen MR) is 76.5 cm³/mol. The third-order valence-corrected chi connectivity index (χ3v) is 3.60. The fourth-order valence-electron chi connectivity index (χ4n) is 2.48. The van der Waals surface area contributed by atoms with Crippen molar-refractivity contribution in [1.82, 2.24) is 4.90 Å². The summed E-state index contributed by atoms with van der Waals surface area (Å²) < 4.78 is 44.9. The van der Waals surface area contributed by atoms with Crippen molar-refractivity contribution in [2.45, 2.75) is 31.6 Å². The molecule has 0 saturated heterocycles. The first-order valence-corrected chi connectivity index (χ1v) is 6.98. The molecule has 2 rings (SSSR count). The molecular weight excluding hydrogens is 309 g/mol. The summed E-state index contributed by atoms with van der Waals surface area (Å²) in [7, 11) is 0. The molecule has 1 amide bonds. The SMILES string of the molecule is C=CC(=O)N(Cc1ccc2c(c1)CCO2)C(CC#N)C(F)(F)F. The van der Waals surface area contributed by atoms with Crippen LogP contribution in [0.1, 0.15) is 17.5 Å². The van der Waals surface area contributed by atoms with Crippen LogP contribution in [0.3, 0.4) is 0 Å². The minimum Gasteiger partial charge on any atom is -0.493 e. The van der Waals surface area contributed by atoms with Crippen molar-refractivity contribution in [3.63, 3.8) is 0 Å². The number of carbonyl (C=O) groups excluding carboxylic acids is 1. The van der Waals surface area contributed by atoms with Crippen molar-refractivity contribution in [2.24, 2.45) is 0 Å². The number of hydrogen-bond acceptors (Lipinski definition) is 3. The van der Waals surface area contributed by atoms with Gasteiger partial charge in [0, 0.05) is 13.0 Å². The molecule has 1 aliphatic rings. The summed E-state index contributed by atoms with van der Waals surface area (Å²) in [6.45, 7) is 3.53. The molecule has 0 N–H and O–H groups in total. The highest BCUT2D eigenvalue weighted by Crippen LogP contribution is 2.30. The Morgan fingerprint density at radius 3 is 2.87 bits per heavy atom. The zero-order valence-corrected chi connectivity index (χ0v) is 12.3. The Balaban J connectivity index is 2.30. The van der Waals surface area contributed by atoms with Gasteiger partial charge in [0.2, 0.25) is 5.91 Å². The molecule has 1 atom stereocenters. The second-order valence-electron chi connectivity index (χ2n) is 5.13. The number of amides is 1. The quantitative estimate of drug-likeness (QED) is 0.783. The molecule has 1 heterocycles. The lowest BCUT2D eigenvalue weighted by atomic mass is 10.1. The molecule has 4 nitrogen and oxygen atoms in total. The molecule has 0 fully saturated rings. The number of hydrogen-bond donors (Lipinski definition) is 0. The van der Waals surface area contributed by atoms with Gasteiger partial charge in [0.25, 0.3) is 0 Å². The smallest absolute Gasteiger partial charge is 0.409 e. The van der Waals surface area contributed by atoms with E-state index in [1.807, 2.05) is 0 Å². The molecule has 1 unspecified atom stereocenters. The average Bonchev–Trinajstić information content (AvgIpc) is 2.96. The van der Waals surface area contributed by atoms with Gasteiger partial charge in [-0.1, -0.05) is 18.7 Å². The standard InChI is InChI=1S/C16H15F3N2O2/c1-2-15(22)21(14(5-7-20)16(17,18)19)10-11-3-4-13-12(9-11)6-8-23-13/h2-4,9,14H,1,5-6,8,10H2. The van der Waals surface area contributed by atoms with Crippen LogP contribution < -0.4 is 4.74 Å². The molecule has 0 saturated carbocycles. The van der Waals surface area contributed by atoms with E-state index in [2.05, 4.69) is 6.58 Å². The summed E-state index contributed by atoms with van der Waals surface area (Å²) in [5.74, 6) is -0.154. The highest BCUT2D eigenvalue weighted by atomic mass is 19.4. The second kappa shape index (κ2) is 6.73. The molecule has 1 aromatic rings. The van der Waals surface area contributed by atoms with Crippen LogP contribution in [0.4, 0.5) is 13.2 Å². The molecule has 0 radical (unpaired) electrons. The van der Waals surface area contributed by atoms with Crippen LogP contribution in [0.25, 0.3) is 0 Å². The van der Waals surface area contributed by atoms with E-state index >= 15 is 0 Å². The highest BCUT2D eigenvalue weighted by molar-refractivity contribution is 5.87.